The number of carbonyl (C=O) groups excluding carboxylic acids is 3. The third-order valence-electron chi connectivity index (χ3n) is 4.31. The summed E-state index contributed by atoms with van der Waals surface area (Å²) in [5.41, 5.74) is -1.45. The van der Waals surface area contributed by atoms with Crippen LogP contribution in [0, 0.1) is 0 Å². The first-order chi connectivity index (χ1) is 11.8. The summed E-state index contributed by atoms with van der Waals surface area (Å²) < 4.78 is 16.3. The van der Waals surface area contributed by atoms with Crippen LogP contribution in [0.25, 0.3) is 0 Å². The molecule has 1 aromatic rings. The van der Waals surface area contributed by atoms with Crippen molar-refractivity contribution in [2.45, 2.75) is 25.4 Å². The minimum atomic E-state index is -1.71. The molecule has 1 aromatic carbocycles. The highest BCUT2D eigenvalue weighted by molar-refractivity contribution is 6.08. The minimum absolute atomic E-state index is 0.00184. The fourth-order valence-electron chi connectivity index (χ4n) is 3.05. The van der Waals surface area contributed by atoms with Gasteiger partial charge in [-0.25, -0.2) is 4.90 Å². The first kappa shape index (κ1) is 16.8. The lowest BCUT2D eigenvalue weighted by atomic mass is 9.90. The molecule has 132 valence electrons. The van der Waals surface area contributed by atoms with Crippen molar-refractivity contribution in [2.75, 3.05) is 14.2 Å². The van der Waals surface area contributed by atoms with E-state index < -0.39 is 34.8 Å². The Morgan fingerprint density at radius 2 is 1.60 bits per heavy atom. The lowest BCUT2D eigenvalue weighted by Crippen LogP contribution is -2.34. The number of likely N-dealkylation sites (tertiary alicyclic amines) is 1. The van der Waals surface area contributed by atoms with Gasteiger partial charge in [-0.05, 0) is 19.1 Å². The molecule has 0 aromatic heterocycles. The van der Waals surface area contributed by atoms with Crippen molar-refractivity contribution in [2.24, 2.45) is 0 Å². The molecule has 2 aliphatic rings. The van der Waals surface area contributed by atoms with Crippen LogP contribution < -0.4 is 9.47 Å². The topological polar surface area (TPSA) is 102 Å². The van der Waals surface area contributed by atoms with Gasteiger partial charge in [0.05, 0.1) is 19.8 Å². The van der Waals surface area contributed by atoms with Gasteiger partial charge >= 0.3 is 0 Å². The normalized spacial score (nSPS) is 23.3. The predicted molar refractivity (Wildman–Crippen MR) is 83.7 cm³/mol. The fourth-order valence-corrected chi connectivity index (χ4v) is 3.05. The molecule has 0 spiro atoms. The summed E-state index contributed by atoms with van der Waals surface area (Å²) in [6, 6.07) is 4.90. The maximum atomic E-state index is 12.8. The highest BCUT2D eigenvalue weighted by Gasteiger charge is 2.54. The summed E-state index contributed by atoms with van der Waals surface area (Å²) in [6.45, 7) is 1.42. The molecule has 0 aliphatic carbocycles. The molecular formula is C17H17NO7. The van der Waals surface area contributed by atoms with Crippen LogP contribution in [0.5, 0.6) is 11.5 Å². The lowest BCUT2D eigenvalue weighted by Gasteiger charge is -2.28. The van der Waals surface area contributed by atoms with Crippen LogP contribution in [0.3, 0.4) is 0 Å². The molecule has 25 heavy (non-hydrogen) atoms. The quantitative estimate of drug-likeness (QED) is 0.821. The van der Waals surface area contributed by atoms with E-state index in [0.29, 0.717) is 16.4 Å². The lowest BCUT2D eigenvalue weighted by molar-refractivity contribution is -0.144. The summed E-state index contributed by atoms with van der Waals surface area (Å²) in [4.78, 5) is 37.3. The number of carbonyl (C=O) groups is 3. The van der Waals surface area contributed by atoms with Crippen molar-refractivity contribution < 1.29 is 33.7 Å². The summed E-state index contributed by atoms with van der Waals surface area (Å²) in [7, 11) is 2.84. The zero-order valence-corrected chi connectivity index (χ0v) is 14.0. The number of ether oxygens (including phenoxy) is 3. The largest absolute Gasteiger partial charge is 0.501 e. The highest BCUT2D eigenvalue weighted by atomic mass is 16.5. The Morgan fingerprint density at radius 3 is 2.08 bits per heavy atom. The molecule has 3 rings (SSSR count). The van der Waals surface area contributed by atoms with E-state index in [1.807, 2.05) is 0 Å². The van der Waals surface area contributed by atoms with E-state index in [1.165, 1.54) is 21.1 Å². The molecule has 1 unspecified atom stereocenters. The Morgan fingerprint density at radius 1 is 1.08 bits per heavy atom. The van der Waals surface area contributed by atoms with Crippen molar-refractivity contribution in [3.63, 3.8) is 0 Å². The van der Waals surface area contributed by atoms with Crippen LogP contribution in [0.4, 0.5) is 0 Å². The first-order valence-corrected chi connectivity index (χ1v) is 7.59. The molecule has 8 heteroatoms. The molecule has 1 atom stereocenters. The van der Waals surface area contributed by atoms with Crippen molar-refractivity contribution in [3.05, 3.63) is 35.4 Å². The number of benzene rings is 1. The van der Waals surface area contributed by atoms with Gasteiger partial charge < -0.3 is 19.3 Å². The molecule has 2 aliphatic heterocycles. The number of rotatable bonds is 4. The Hall–Kier alpha value is -3.03. The Kier molecular flexibility index (Phi) is 3.90. The van der Waals surface area contributed by atoms with Gasteiger partial charge in [-0.3, -0.25) is 14.4 Å². The van der Waals surface area contributed by atoms with Crippen LogP contribution in [-0.4, -0.2) is 41.8 Å². The number of amides is 2. The maximum Gasteiger partial charge on any atom is 0.252 e. The molecule has 1 saturated heterocycles. The fraction of sp³-hybridized carbons (Fsp3) is 0.353. The number of aliphatic hydroxyl groups is 1. The summed E-state index contributed by atoms with van der Waals surface area (Å²) in [5.74, 6) is -2.47. The van der Waals surface area contributed by atoms with Crippen LogP contribution in [0.2, 0.25) is 0 Å². The minimum Gasteiger partial charge on any atom is -0.501 e. The molecule has 0 radical (unpaired) electrons. The van der Waals surface area contributed by atoms with Crippen LogP contribution in [0.15, 0.2) is 29.8 Å². The van der Waals surface area contributed by atoms with Gasteiger partial charge in [-0.1, -0.05) is 6.07 Å². The zero-order valence-electron chi connectivity index (χ0n) is 14.0. The van der Waals surface area contributed by atoms with Gasteiger partial charge in [0.25, 0.3) is 11.7 Å². The van der Waals surface area contributed by atoms with Gasteiger partial charge in [0.15, 0.2) is 0 Å². The molecule has 1 fully saturated rings. The molecule has 0 saturated carbocycles. The van der Waals surface area contributed by atoms with Gasteiger partial charge in [0.2, 0.25) is 23.2 Å². The molecule has 8 nitrogen and oxygen atoms in total. The average molecular weight is 347 g/mol. The average Bonchev–Trinajstić information content (AvgIpc) is 3.05. The molecule has 1 N–H and O–H groups in total. The van der Waals surface area contributed by atoms with E-state index >= 15 is 0 Å². The number of hydrogen-bond donors (Lipinski definition) is 1. The van der Waals surface area contributed by atoms with E-state index in [-0.39, 0.29) is 18.4 Å². The molecular weight excluding hydrogens is 330 g/mol. The number of imide groups is 1. The Balaban J connectivity index is 2.11. The number of hydrogen-bond acceptors (Lipinski definition) is 7. The summed E-state index contributed by atoms with van der Waals surface area (Å²) >= 11 is 0. The van der Waals surface area contributed by atoms with Crippen molar-refractivity contribution in [1.29, 1.82) is 0 Å². The second-order valence-corrected chi connectivity index (χ2v) is 5.78. The van der Waals surface area contributed by atoms with Crippen LogP contribution in [0.1, 0.15) is 25.3 Å². The summed E-state index contributed by atoms with van der Waals surface area (Å²) in [6.07, 6.45) is 0.00369. The van der Waals surface area contributed by atoms with Crippen molar-refractivity contribution in [3.8, 4) is 11.5 Å². The number of Topliss-reactive ketones (excluding diaryl/α,β-unsaturated/α-hetero) is 1. The summed E-state index contributed by atoms with van der Waals surface area (Å²) in [5, 5.41) is 10.3. The third kappa shape index (κ3) is 2.33. The zero-order chi connectivity index (χ0) is 18.4. The Labute approximate surface area is 143 Å². The van der Waals surface area contributed by atoms with Gasteiger partial charge in [0.1, 0.15) is 11.5 Å². The van der Waals surface area contributed by atoms with E-state index in [2.05, 4.69) is 0 Å². The van der Waals surface area contributed by atoms with E-state index in [0.717, 1.165) is 0 Å². The molecule has 0 bridgehead atoms. The standard InChI is InChI=1S/C17H17NO7/c1-17(13-9(23-2)5-4-6-10(13)24-3)15(22)14(21)16(25-17)18-11(19)7-8-12(18)20/h4-6,21H,7-8H2,1-3H3. The molecule has 2 amide bonds. The second-order valence-electron chi connectivity index (χ2n) is 5.78. The monoisotopic (exact) mass is 347 g/mol. The van der Waals surface area contributed by atoms with E-state index in [1.54, 1.807) is 18.2 Å². The number of aliphatic hydroxyl groups excluding tert-OH is 1. The van der Waals surface area contributed by atoms with Gasteiger partial charge in [-0.15, -0.1) is 0 Å². The van der Waals surface area contributed by atoms with Crippen LogP contribution in [-0.2, 0) is 24.7 Å². The predicted octanol–water partition coefficient (Wildman–Crippen LogP) is 1.39. The first-order valence-electron chi connectivity index (χ1n) is 7.59. The number of methoxy groups -OCH3 is 2. The number of ketones is 1. The number of nitrogens with zero attached hydrogens (tertiary/aromatic N) is 1. The van der Waals surface area contributed by atoms with E-state index in [9.17, 15) is 19.5 Å². The Bertz CT molecular complexity index is 775. The smallest absolute Gasteiger partial charge is 0.252 e. The van der Waals surface area contributed by atoms with Crippen molar-refractivity contribution >= 4 is 17.6 Å². The van der Waals surface area contributed by atoms with Crippen LogP contribution >= 0.6 is 0 Å². The third-order valence-corrected chi connectivity index (χ3v) is 4.31. The van der Waals surface area contributed by atoms with Gasteiger partial charge in [-0.2, -0.15) is 0 Å². The van der Waals surface area contributed by atoms with Crippen molar-refractivity contribution in [1.82, 2.24) is 4.90 Å². The highest BCUT2D eigenvalue weighted by Crippen LogP contribution is 2.47. The molecule has 2 heterocycles. The second kappa shape index (κ2) is 5.80. The van der Waals surface area contributed by atoms with E-state index in [4.69, 9.17) is 14.2 Å². The maximum absolute atomic E-state index is 12.8. The SMILES string of the molecule is COc1cccc(OC)c1C1(C)OC(N2C(=O)CCC2=O)=C(O)C1=O. The van der Waals surface area contributed by atoms with Gasteiger partial charge in [0, 0.05) is 12.8 Å².